The lowest BCUT2D eigenvalue weighted by molar-refractivity contribution is 0.277. The Labute approximate surface area is 124 Å². The van der Waals surface area contributed by atoms with Crippen LogP contribution in [-0.2, 0) is 6.61 Å². The highest BCUT2D eigenvalue weighted by Gasteiger charge is 2.12. The molecule has 0 saturated carbocycles. The van der Waals surface area contributed by atoms with Gasteiger partial charge in [0.2, 0.25) is 0 Å². The minimum Gasteiger partial charge on any atom is -0.390 e. The van der Waals surface area contributed by atoms with E-state index in [-0.39, 0.29) is 6.61 Å². The van der Waals surface area contributed by atoms with Crippen molar-refractivity contribution in [2.45, 2.75) is 40.2 Å². The van der Waals surface area contributed by atoms with E-state index >= 15 is 0 Å². The molecule has 2 rings (SSSR count). The highest BCUT2D eigenvalue weighted by molar-refractivity contribution is 7.15. The third kappa shape index (κ3) is 3.19. The van der Waals surface area contributed by atoms with Gasteiger partial charge in [0, 0.05) is 11.4 Å². The monoisotopic (exact) mass is 290 g/mol. The summed E-state index contributed by atoms with van der Waals surface area (Å²) >= 11 is 1.60. The smallest absolute Gasteiger partial charge is 0.183 e. The van der Waals surface area contributed by atoms with Crippen molar-refractivity contribution in [2.24, 2.45) is 0 Å². The Morgan fingerprint density at radius 2 is 1.90 bits per heavy atom. The second kappa shape index (κ2) is 6.37. The normalized spacial score (nSPS) is 12.4. The van der Waals surface area contributed by atoms with Gasteiger partial charge in [0.25, 0.3) is 0 Å². The summed E-state index contributed by atoms with van der Waals surface area (Å²) in [5.74, 6) is 0.429. The van der Waals surface area contributed by atoms with E-state index in [1.54, 1.807) is 11.3 Å². The molecule has 0 amide bonds. The van der Waals surface area contributed by atoms with Crippen LogP contribution >= 0.6 is 11.3 Å². The first-order valence-electron chi connectivity index (χ1n) is 6.90. The number of aryl methyl sites for hydroxylation is 3. The van der Waals surface area contributed by atoms with E-state index in [1.807, 2.05) is 6.92 Å². The van der Waals surface area contributed by atoms with Gasteiger partial charge in [-0.15, -0.1) is 11.3 Å². The number of thiazole rings is 1. The van der Waals surface area contributed by atoms with Gasteiger partial charge in [-0.1, -0.05) is 25.1 Å². The molecule has 108 valence electrons. The lowest BCUT2D eigenvalue weighted by Crippen LogP contribution is -2.12. The molecule has 0 bridgehead atoms. The van der Waals surface area contributed by atoms with Crippen LogP contribution in [0.2, 0.25) is 0 Å². The van der Waals surface area contributed by atoms with Gasteiger partial charge in [0.1, 0.15) is 0 Å². The van der Waals surface area contributed by atoms with Crippen LogP contribution in [0, 0.1) is 20.8 Å². The van der Waals surface area contributed by atoms with Gasteiger partial charge in [0.05, 0.1) is 12.3 Å². The Balaban J connectivity index is 2.06. The third-order valence-electron chi connectivity index (χ3n) is 3.64. The van der Waals surface area contributed by atoms with Crippen LogP contribution in [0.25, 0.3) is 0 Å². The fourth-order valence-corrected chi connectivity index (χ4v) is 3.43. The molecule has 0 spiro atoms. The van der Waals surface area contributed by atoms with Crippen molar-refractivity contribution >= 4 is 16.5 Å². The molecule has 0 fully saturated rings. The molecule has 1 unspecified atom stereocenters. The summed E-state index contributed by atoms with van der Waals surface area (Å²) in [5.41, 5.74) is 4.87. The van der Waals surface area contributed by atoms with Crippen LogP contribution in [-0.4, -0.2) is 16.6 Å². The summed E-state index contributed by atoms with van der Waals surface area (Å²) in [6.07, 6.45) is 0. The third-order valence-corrected chi connectivity index (χ3v) is 4.61. The van der Waals surface area contributed by atoms with Gasteiger partial charge in [-0.3, -0.25) is 0 Å². The van der Waals surface area contributed by atoms with Crippen molar-refractivity contribution in [1.82, 2.24) is 4.98 Å². The molecule has 1 aromatic heterocycles. The van der Waals surface area contributed by atoms with Gasteiger partial charge < -0.3 is 10.4 Å². The number of benzene rings is 1. The molecule has 2 aromatic rings. The number of hydrogen-bond acceptors (Lipinski definition) is 4. The summed E-state index contributed by atoms with van der Waals surface area (Å²) in [6.45, 7) is 9.41. The van der Waals surface area contributed by atoms with Crippen molar-refractivity contribution in [3.8, 4) is 0 Å². The first kappa shape index (κ1) is 15.0. The zero-order valence-electron chi connectivity index (χ0n) is 12.5. The maximum Gasteiger partial charge on any atom is 0.183 e. The van der Waals surface area contributed by atoms with E-state index in [9.17, 15) is 5.11 Å². The van der Waals surface area contributed by atoms with E-state index in [4.69, 9.17) is 0 Å². The van der Waals surface area contributed by atoms with E-state index < -0.39 is 0 Å². The maximum atomic E-state index is 9.18. The van der Waals surface area contributed by atoms with E-state index in [0.29, 0.717) is 5.92 Å². The molecule has 1 atom stereocenters. The van der Waals surface area contributed by atoms with E-state index in [0.717, 1.165) is 22.2 Å². The van der Waals surface area contributed by atoms with Crippen molar-refractivity contribution in [3.05, 3.63) is 45.5 Å². The van der Waals surface area contributed by atoms with Gasteiger partial charge in [-0.25, -0.2) is 4.98 Å². The van der Waals surface area contributed by atoms with Gasteiger partial charge >= 0.3 is 0 Å². The summed E-state index contributed by atoms with van der Waals surface area (Å²) in [5, 5.41) is 13.5. The SMILES string of the molecule is Cc1cccc(C)c1C(C)CNc1nc(CO)c(C)s1. The zero-order chi connectivity index (χ0) is 14.7. The van der Waals surface area contributed by atoms with Crippen molar-refractivity contribution in [2.75, 3.05) is 11.9 Å². The Morgan fingerprint density at radius 3 is 2.45 bits per heavy atom. The van der Waals surface area contributed by atoms with Crippen molar-refractivity contribution < 1.29 is 5.11 Å². The molecule has 2 N–H and O–H groups in total. The number of anilines is 1. The minimum atomic E-state index is 0.0104. The van der Waals surface area contributed by atoms with Gasteiger partial charge in [-0.05, 0) is 43.4 Å². The second-order valence-electron chi connectivity index (χ2n) is 5.27. The summed E-state index contributed by atoms with van der Waals surface area (Å²) in [7, 11) is 0. The van der Waals surface area contributed by atoms with E-state index in [2.05, 4.69) is 49.3 Å². The van der Waals surface area contributed by atoms with Crippen LogP contribution in [0.1, 0.15) is 40.1 Å². The molecule has 0 aliphatic rings. The molecule has 20 heavy (non-hydrogen) atoms. The number of rotatable bonds is 5. The predicted octanol–water partition coefficient (Wildman–Crippen LogP) is 3.78. The number of hydrogen-bond donors (Lipinski definition) is 2. The molecule has 0 radical (unpaired) electrons. The lowest BCUT2D eigenvalue weighted by atomic mass is 9.92. The molecular formula is C16H22N2OS. The van der Waals surface area contributed by atoms with Gasteiger partial charge in [0.15, 0.2) is 5.13 Å². The average Bonchev–Trinajstić information content (AvgIpc) is 2.76. The van der Waals surface area contributed by atoms with Crippen LogP contribution in [0.5, 0.6) is 0 Å². The average molecular weight is 290 g/mol. The predicted molar refractivity (Wildman–Crippen MR) is 85.6 cm³/mol. The topological polar surface area (TPSA) is 45.2 Å². The number of aromatic nitrogens is 1. The zero-order valence-corrected chi connectivity index (χ0v) is 13.3. The number of aliphatic hydroxyl groups excluding tert-OH is 1. The van der Waals surface area contributed by atoms with Crippen molar-refractivity contribution in [1.29, 1.82) is 0 Å². The van der Waals surface area contributed by atoms with E-state index in [1.165, 1.54) is 16.7 Å². The Morgan fingerprint density at radius 1 is 1.25 bits per heavy atom. The molecule has 0 aliphatic carbocycles. The first-order valence-corrected chi connectivity index (χ1v) is 7.71. The Bertz CT molecular complexity index is 572. The minimum absolute atomic E-state index is 0.0104. The molecule has 0 aliphatic heterocycles. The summed E-state index contributed by atoms with van der Waals surface area (Å²) in [4.78, 5) is 5.47. The standard InChI is InChI=1S/C16H22N2OS/c1-10-6-5-7-11(2)15(10)12(3)8-17-16-18-14(9-19)13(4)20-16/h5-7,12,19H,8-9H2,1-4H3,(H,17,18). The summed E-state index contributed by atoms with van der Waals surface area (Å²) < 4.78 is 0. The molecule has 1 aromatic carbocycles. The molecule has 4 heteroatoms. The second-order valence-corrected chi connectivity index (χ2v) is 6.47. The fraction of sp³-hybridized carbons (Fsp3) is 0.438. The van der Waals surface area contributed by atoms with Crippen LogP contribution in [0.4, 0.5) is 5.13 Å². The van der Waals surface area contributed by atoms with Gasteiger partial charge in [-0.2, -0.15) is 0 Å². The largest absolute Gasteiger partial charge is 0.390 e. The molecular weight excluding hydrogens is 268 g/mol. The molecule has 3 nitrogen and oxygen atoms in total. The molecule has 0 saturated heterocycles. The Kier molecular flexibility index (Phi) is 4.78. The van der Waals surface area contributed by atoms with Crippen LogP contribution in [0.15, 0.2) is 18.2 Å². The number of nitrogens with one attached hydrogen (secondary N) is 1. The summed E-state index contributed by atoms with van der Waals surface area (Å²) in [6, 6.07) is 6.43. The maximum absolute atomic E-state index is 9.18. The number of aliphatic hydroxyl groups is 1. The highest BCUT2D eigenvalue weighted by Crippen LogP contribution is 2.26. The Hall–Kier alpha value is -1.39. The molecule has 1 heterocycles. The first-order chi connectivity index (χ1) is 9.52. The lowest BCUT2D eigenvalue weighted by Gasteiger charge is -2.17. The van der Waals surface area contributed by atoms with Crippen LogP contribution in [0.3, 0.4) is 0 Å². The quantitative estimate of drug-likeness (QED) is 0.881. The fourth-order valence-electron chi connectivity index (χ4n) is 2.60. The highest BCUT2D eigenvalue weighted by atomic mass is 32.1. The number of nitrogens with zero attached hydrogens (tertiary/aromatic N) is 1. The van der Waals surface area contributed by atoms with Crippen LogP contribution < -0.4 is 5.32 Å². The van der Waals surface area contributed by atoms with Crippen molar-refractivity contribution in [3.63, 3.8) is 0 Å².